The van der Waals surface area contributed by atoms with Crippen molar-refractivity contribution < 1.29 is 26.7 Å². The zero-order valence-electron chi connectivity index (χ0n) is 8.92. The summed E-state index contributed by atoms with van der Waals surface area (Å²) in [4.78, 5) is 0. The Labute approximate surface area is 92.9 Å². The molecular weight excluding hydrogens is 247 g/mol. The summed E-state index contributed by atoms with van der Waals surface area (Å²) in [6, 6.07) is 0. The second kappa shape index (κ2) is 6.41. The first kappa shape index (κ1) is 15.7. The van der Waals surface area contributed by atoms with Crippen LogP contribution in [0.2, 0.25) is 0 Å². The molecule has 0 radical (unpaired) electrons. The third kappa shape index (κ3) is 7.02. The van der Waals surface area contributed by atoms with E-state index in [2.05, 4.69) is 4.72 Å². The molecule has 0 saturated carbocycles. The number of rotatable bonds is 7. The van der Waals surface area contributed by atoms with E-state index in [1.807, 2.05) is 0 Å². The molecule has 0 aliphatic carbocycles. The average molecular weight is 263 g/mol. The highest BCUT2D eigenvalue weighted by molar-refractivity contribution is 7.90. The van der Waals surface area contributed by atoms with Gasteiger partial charge in [0.25, 0.3) is 0 Å². The quantitative estimate of drug-likeness (QED) is 0.674. The Hall–Kier alpha value is -0.340. The normalized spacial score (nSPS) is 15.1. The first-order valence-electron chi connectivity index (χ1n) is 4.85. The Balaban J connectivity index is 3.75. The van der Waals surface area contributed by atoms with Gasteiger partial charge in [-0.1, -0.05) is 0 Å². The predicted octanol–water partition coefficient (Wildman–Crippen LogP) is 1.02. The van der Waals surface area contributed by atoms with Gasteiger partial charge in [-0.05, 0) is 19.8 Å². The van der Waals surface area contributed by atoms with Crippen molar-refractivity contribution >= 4 is 10.0 Å². The van der Waals surface area contributed by atoms with Crippen molar-refractivity contribution in [1.29, 1.82) is 0 Å². The highest BCUT2D eigenvalue weighted by Crippen LogP contribution is 2.21. The smallest absolute Gasteiger partial charge is 0.389 e. The molecule has 0 aromatic rings. The van der Waals surface area contributed by atoms with Gasteiger partial charge in [0.2, 0.25) is 10.0 Å². The molecule has 0 saturated heterocycles. The number of hydrogen-bond acceptors (Lipinski definition) is 3. The van der Waals surface area contributed by atoms with Crippen LogP contribution in [-0.4, -0.2) is 38.1 Å². The van der Waals surface area contributed by atoms with E-state index >= 15 is 0 Å². The minimum absolute atomic E-state index is 0.0389. The standard InChI is InChI=1S/C8H16F3NO3S/c1-7(6-13)16(14,15)12-5-3-2-4-8(9,10)11/h7,12-13H,2-6H2,1H3. The largest absolute Gasteiger partial charge is 0.395 e. The molecule has 0 heterocycles. The van der Waals surface area contributed by atoms with Crippen LogP contribution in [0, 0.1) is 0 Å². The summed E-state index contributed by atoms with van der Waals surface area (Å²) in [5, 5.41) is 7.66. The maximum Gasteiger partial charge on any atom is 0.389 e. The molecule has 4 nitrogen and oxygen atoms in total. The lowest BCUT2D eigenvalue weighted by Gasteiger charge is -2.11. The van der Waals surface area contributed by atoms with Gasteiger partial charge in [0.05, 0.1) is 11.9 Å². The molecule has 0 aliphatic heterocycles. The fourth-order valence-electron chi connectivity index (χ4n) is 0.905. The molecule has 1 atom stereocenters. The van der Waals surface area contributed by atoms with Crippen molar-refractivity contribution in [2.24, 2.45) is 0 Å². The minimum Gasteiger partial charge on any atom is -0.395 e. The molecule has 0 spiro atoms. The van der Waals surface area contributed by atoms with Crippen LogP contribution in [0.3, 0.4) is 0 Å². The number of nitrogens with one attached hydrogen (secondary N) is 1. The van der Waals surface area contributed by atoms with Crippen molar-refractivity contribution in [2.75, 3.05) is 13.2 Å². The Morgan fingerprint density at radius 3 is 2.31 bits per heavy atom. The van der Waals surface area contributed by atoms with Crippen LogP contribution in [0.25, 0.3) is 0 Å². The SMILES string of the molecule is CC(CO)S(=O)(=O)NCCCCC(F)(F)F. The zero-order chi connectivity index (χ0) is 12.8. The van der Waals surface area contributed by atoms with E-state index in [1.165, 1.54) is 6.92 Å². The fraction of sp³-hybridized carbons (Fsp3) is 1.00. The summed E-state index contributed by atoms with van der Waals surface area (Å²) in [5.74, 6) is 0. The average Bonchev–Trinajstić information content (AvgIpc) is 2.14. The van der Waals surface area contributed by atoms with Crippen molar-refractivity contribution in [3.63, 3.8) is 0 Å². The fourth-order valence-corrected chi connectivity index (χ4v) is 1.81. The molecule has 0 aromatic heterocycles. The van der Waals surface area contributed by atoms with Gasteiger partial charge in [-0.3, -0.25) is 0 Å². The van der Waals surface area contributed by atoms with Gasteiger partial charge in [0.1, 0.15) is 0 Å². The van der Waals surface area contributed by atoms with E-state index in [4.69, 9.17) is 5.11 Å². The summed E-state index contributed by atoms with van der Waals surface area (Å²) >= 11 is 0. The Bertz CT molecular complexity index is 289. The first-order chi connectivity index (χ1) is 7.19. The summed E-state index contributed by atoms with van der Waals surface area (Å²) < 4.78 is 59.8. The number of halogens is 3. The van der Waals surface area contributed by atoms with E-state index in [1.54, 1.807) is 0 Å². The third-order valence-electron chi connectivity index (χ3n) is 1.98. The molecule has 16 heavy (non-hydrogen) atoms. The van der Waals surface area contributed by atoms with Crippen molar-refractivity contribution in [3.8, 4) is 0 Å². The number of aliphatic hydroxyl groups excluding tert-OH is 1. The van der Waals surface area contributed by atoms with E-state index in [-0.39, 0.29) is 19.4 Å². The maximum absolute atomic E-state index is 11.7. The molecular formula is C8H16F3NO3S. The summed E-state index contributed by atoms with van der Waals surface area (Å²) in [6.45, 7) is 0.763. The lowest BCUT2D eigenvalue weighted by atomic mass is 10.2. The molecule has 98 valence electrons. The first-order valence-corrected chi connectivity index (χ1v) is 6.40. The monoisotopic (exact) mass is 263 g/mol. The summed E-state index contributed by atoms with van der Waals surface area (Å²) in [5.41, 5.74) is 0. The lowest BCUT2D eigenvalue weighted by Crippen LogP contribution is -2.35. The Kier molecular flexibility index (Phi) is 6.27. The molecule has 0 aromatic carbocycles. The van der Waals surface area contributed by atoms with Gasteiger partial charge in [-0.15, -0.1) is 0 Å². The summed E-state index contributed by atoms with van der Waals surface area (Å²) in [6.07, 6.45) is -5.10. The molecule has 0 amide bonds. The zero-order valence-corrected chi connectivity index (χ0v) is 9.74. The van der Waals surface area contributed by atoms with Crippen LogP contribution in [0.15, 0.2) is 0 Å². The maximum atomic E-state index is 11.7. The second-order valence-corrected chi connectivity index (χ2v) is 5.69. The number of sulfonamides is 1. The van der Waals surface area contributed by atoms with Gasteiger partial charge in [-0.25, -0.2) is 13.1 Å². The highest BCUT2D eigenvalue weighted by Gasteiger charge is 2.26. The molecule has 0 fully saturated rings. The van der Waals surface area contributed by atoms with Gasteiger partial charge in [0, 0.05) is 13.0 Å². The van der Waals surface area contributed by atoms with Crippen molar-refractivity contribution in [3.05, 3.63) is 0 Å². The van der Waals surface area contributed by atoms with Crippen molar-refractivity contribution in [2.45, 2.75) is 37.6 Å². The summed E-state index contributed by atoms with van der Waals surface area (Å²) in [7, 11) is -3.61. The number of aliphatic hydroxyl groups is 1. The number of hydrogen-bond donors (Lipinski definition) is 2. The molecule has 1 unspecified atom stereocenters. The molecule has 8 heteroatoms. The predicted molar refractivity (Wildman–Crippen MR) is 53.4 cm³/mol. The minimum atomic E-state index is -4.20. The van der Waals surface area contributed by atoms with Crippen LogP contribution < -0.4 is 4.72 Å². The van der Waals surface area contributed by atoms with E-state index in [9.17, 15) is 21.6 Å². The van der Waals surface area contributed by atoms with E-state index in [0.717, 1.165) is 0 Å². The van der Waals surface area contributed by atoms with Gasteiger partial charge in [0.15, 0.2) is 0 Å². The molecule has 0 rings (SSSR count). The Morgan fingerprint density at radius 1 is 1.31 bits per heavy atom. The van der Waals surface area contributed by atoms with Crippen LogP contribution >= 0.6 is 0 Å². The topological polar surface area (TPSA) is 66.4 Å². The van der Waals surface area contributed by atoms with Crippen LogP contribution in [0.1, 0.15) is 26.2 Å². The van der Waals surface area contributed by atoms with Gasteiger partial charge in [-0.2, -0.15) is 13.2 Å². The third-order valence-corrected chi connectivity index (χ3v) is 3.79. The van der Waals surface area contributed by atoms with Crippen LogP contribution in [0.4, 0.5) is 13.2 Å². The van der Waals surface area contributed by atoms with Gasteiger partial charge >= 0.3 is 6.18 Å². The Morgan fingerprint density at radius 2 is 1.88 bits per heavy atom. The molecule has 0 bridgehead atoms. The number of alkyl halides is 3. The second-order valence-electron chi connectivity index (χ2n) is 3.50. The molecule has 2 N–H and O–H groups in total. The van der Waals surface area contributed by atoms with Gasteiger partial charge < -0.3 is 5.11 Å². The lowest BCUT2D eigenvalue weighted by molar-refractivity contribution is -0.135. The van der Waals surface area contributed by atoms with E-state index < -0.39 is 34.5 Å². The highest BCUT2D eigenvalue weighted by atomic mass is 32.2. The van der Waals surface area contributed by atoms with Crippen molar-refractivity contribution in [1.82, 2.24) is 4.72 Å². The van der Waals surface area contributed by atoms with Crippen LogP contribution in [0.5, 0.6) is 0 Å². The molecule has 0 aliphatic rings. The van der Waals surface area contributed by atoms with E-state index in [0.29, 0.717) is 0 Å². The van der Waals surface area contributed by atoms with Crippen LogP contribution in [-0.2, 0) is 10.0 Å². The number of unbranched alkanes of at least 4 members (excludes halogenated alkanes) is 1.